The number of thiophene rings is 1. The first-order valence-electron chi connectivity index (χ1n) is 12.7. The van der Waals surface area contributed by atoms with Crippen LogP contribution in [0.2, 0.25) is 5.02 Å². The fourth-order valence-corrected chi connectivity index (χ4v) is 5.70. The minimum absolute atomic E-state index is 0.0888. The molecular weight excluding hydrogens is 544 g/mol. The van der Waals surface area contributed by atoms with Crippen molar-refractivity contribution in [2.45, 2.75) is 39.7 Å². The van der Waals surface area contributed by atoms with Gasteiger partial charge < -0.3 is 15.5 Å². The Morgan fingerprint density at radius 3 is 2.75 bits per heavy atom. The van der Waals surface area contributed by atoms with Gasteiger partial charge in [-0.1, -0.05) is 41.5 Å². The van der Waals surface area contributed by atoms with E-state index in [1.165, 1.54) is 4.88 Å². The molecule has 1 aliphatic heterocycles. The Hall–Kier alpha value is -4.15. The highest BCUT2D eigenvalue weighted by atomic mass is 35.5. The molecule has 0 unspecified atom stereocenters. The van der Waals surface area contributed by atoms with Crippen LogP contribution in [-0.2, 0) is 4.79 Å². The summed E-state index contributed by atoms with van der Waals surface area (Å²) in [5.41, 5.74) is 10.1. The van der Waals surface area contributed by atoms with Gasteiger partial charge in [0.05, 0.1) is 24.2 Å². The van der Waals surface area contributed by atoms with Crippen LogP contribution in [0.3, 0.4) is 0 Å². The number of halogens is 1. The molecule has 1 amide bonds. The number of carbonyl (C=O) groups excluding carboxylic acids is 1. The molecule has 3 N–H and O–H groups in total. The van der Waals surface area contributed by atoms with E-state index in [-0.39, 0.29) is 18.9 Å². The van der Waals surface area contributed by atoms with E-state index < -0.39 is 6.04 Å². The molecule has 0 saturated heterocycles. The van der Waals surface area contributed by atoms with E-state index in [1.807, 2.05) is 35.8 Å². The molecule has 3 aromatic heterocycles. The quantitative estimate of drug-likeness (QED) is 0.339. The molecule has 0 fully saturated rings. The summed E-state index contributed by atoms with van der Waals surface area (Å²) < 4.78 is 7.44. The number of aryl methyl sites for hydroxylation is 2. The predicted molar refractivity (Wildman–Crippen MR) is 157 cm³/mol. The first-order valence-corrected chi connectivity index (χ1v) is 13.9. The van der Waals surface area contributed by atoms with Crippen LogP contribution in [0, 0.1) is 44.5 Å². The molecule has 1 atom stereocenters. The first kappa shape index (κ1) is 27.4. The minimum Gasteiger partial charge on any atom is -0.455 e. The maximum absolute atomic E-state index is 13.0. The number of amides is 1. The number of hydrogen-bond acceptors (Lipinski definition) is 7. The van der Waals surface area contributed by atoms with Crippen molar-refractivity contribution in [3.63, 3.8) is 0 Å². The number of nitrogens with one attached hydrogen (secondary N) is 1. The standard InChI is InChI=1S/C30H27ClN6O2S/c1-18-19(2)40-30-27(18)28(22-9-11-23(31)12-10-22)34-25(29-36-35-20(3)37(29)30)16-26(38)33-14-6-8-24-15-21(17-39-24)7-4-5-13-32/h9-12,15,17,25H,5,13-14,16,32H2,1-3H3,(H,33,38)/t25-/m0/s1. The molecule has 0 aliphatic carbocycles. The van der Waals surface area contributed by atoms with Crippen molar-refractivity contribution in [2.24, 2.45) is 10.7 Å². The zero-order chi connectivity index (χ0) is 28.2. The van der Waals surface area contributed by atoms with Crippen molar-refractivity contribution in [3.8, 4) is 28.7 Å². The Morgan fingerprint density at radius 2 is 1.98 bits per heavy atom. The largest absolute Gasteiger partial charge is 0.455 e. The monoisotopic (exact) mass is 570 g/mol. The van der Waals surface area contributed by atoms with Gasteiger partial charge in [0.2, 0.25) is 5.91 Å². The predicted octanol–water partition coefficient (Wildman–Crippen LogP) is 4.65. The average Bonchev–Trinajstić information content (AvgIpc) is 3.60. The lowest BCUT2D eigenvalue weighted by Gasteiger charge is -2.12. The number of aliphatic imine (C=N–C) groups is 1. The van der Waals surface area contributed by atoms with Crippen LogP contribution >= 0.6 is 22.9 Å². The van der Waals surface area contributed by atoms with Gasteiger partial charge in [0.1, 0.15) is 23.1 Å². The number of benzene rings is 1. The number of hydrogen-bond donors (Lipinski definition) is 2. The number of nitrogens with zero attached hydrogens (tertiary/aromatic N) is 4. The van der Waals surface area contributed by atoms with Gasteiger partial charge in [-0.05, 0) is 44.4 Å². The van der Waals surface area contributed by atoms with E-state index >= 15 is 0 Å². The van der Waals surface area contributed by atoms with Crippen molar-refractivity contribution in [3.05, 3.63) is 86.2 Å². The van der Waals surface area contributed by atoms with Crippen molar-refractivity contribution < 1.29 is 9.21 Å². The lowest BCUT2D eigenvalue weighted by atomic mass is 9.99. The minimum atomic E-state index is -0.543. The van der Waals surface area contributed by atoms with E-state index in [0.717, 1.165) is 38.8 Å². The first-order chi connectivity index (χ1) is 19.4. The fraction of sp³-hybridized carbons (Fsp3) is 0.267. The molecule has 5 rings (SSSR count). The summed E-state index contributed by atoms with van der Waals surface area (Å²) in [4.78, 5) is 19.4. The second-order valence-electron chi connectivity index (χ2n) is 9.23. The van der Waals surface area contributed by atoms with Gasteiger partial charge in [-0.3, -0.25) is 14.4 Å². The molecule has 10 heteroatoms. The Balaban J connectivity index is 1.38. The molecule has 4 aromatic rings. The maximum atomic E-state index is 13.0. The molecule has 1 aromatic carbocycles. The Morgan fingerprint density at radius 1 is 1.18 bits per heavy atom. The van der Waals surface area contributed by atoms with Crippen LogP contribution in [-0.4, -0.2) is 39.5 Å². The van der Waals surface area contributed by atoms with E-state index in [1.54, 1.807) is 23.7 Å². The lowest BCUT2D eigenvalue weighted by Crippen LogP contribution is -2.25. The van der Waals surface area contributed by atoms with Crippen molar-refractivity contribution >= 4 is 34.6 Å². The van der Waals surface area contributed by atoms with Gasteiger partial charge in [-0.2, -0.15) is 0 Å². The number of aromatic nitrogens is 3. The molecule has 0 saturated carbocycles. The molecule has 0 spiro atoms. The molecular formula is C30H27ClN6O2S. The third-order valence-electron chi connectivity index (χ3n) is 6.42. The summed E-state index contributed by atoms with van der Waals surface area (Å²) in [6.45, 7) is 6.77. The number of fused-ring (bicyclic) bond motifs is 3. The second kappa shape index (κ2) is 11.9. The second-order valence-corrected chi connectivity index (χ2v) is 10.9. The summed E-state index contributed by atoms with van der Waals surface area (Å²) in [6, 6.07) is 8.81. The van der Waals surface area contributed by atoms with Crippen LogP contribution in [0.5, 0.6) is 0 Å². The van der Waals surface area contributed by atoms with E-state index in [9.17, 15) is 4.79 Å². The normalized spacial score (nSPS) is 13.6. The molecule has 202 valence electrons. The SMILES string of the molecule is Cc1sc2c(c1C)C(c1ccc(Cl)cc1)=N[C@@H](CC(=O)NCC#Cc1cc(C#CCCN)co1)c1nnc(C)n1-2. The number of rotatable bonds is 5. The molecule has 1 aliphatic rings. The number of furan rings is 1. The van der Waals surface area contributed by atoms with Crippen LogP contribution in [0.1, 0.15) is 63.4 Å². The molecule has 8 nitrogen and oxygen atoms in total. The number of carbonyl (C=O) groups is 1. The third-order valence-corrected chi connectivity index (χ3v) is 7.87. The van der Waals surface area contributed by atoms with Gasteiger partial charge in [0, 0.05) is 40.1 Å². The van der Waals surface area contributed by atoms with Crippen LogP contribution in [0.25, 0.3) is 5.00 Å². The molecule has 40 heavy (non-hydrogen) atoms. The smallest absolute Gasteiger partial charge is 0.223 e. The molecule has 4 heterocycles. The zero-order valence-corrected chi connectivity index (χ0v) is 23.9. The highest BCUT2D eigenvalue weighted by Crippen LogP contribution is 2.39. The Kier molecular flexibility index (Phi) is 8.18. The topological polar surface area (TPSA) is 111 Å². The van der Waals surface area contributed by atoms with Crippen LogP contribution in [0.4, 0.5) is 0 Å². The lowest BCUT2D eigenvalue weighted by molar-refractivity contribution is -0.121. The van der Waals surface area contributed by atoms with Crippen LogP contribution in [0.15, 0.2) is 46.0 Å². The molecule has 0 radical (unpaired) electrons. The van der Waals surface area contributed by atoms with Crippen molar-refractivity contribution in [2.75, 3.05) is 13.1 Å². The van der Waals surface area contributed by atoms with Gasteiger partial charge in [0.25, 0.3) is 0 Å². The van der Waals surface area contributed by atoms with Crippen molar-refractivity contribution in [1.82, 2.24) is 20.1 Å². The zero-order valence-electron chi connectivity index (χ0n) is 22.3. The third kappa shape index (κ3) is 5.73. The van der Waals surface area contributed by atoms with E-state index in [2.05, 4.69) is 53.0 Å². The van der Waals surface area contributed by atoms with Gasteiger partial charge in [0.15, 0.2) is 11.6 Å². The highest BCUT2D eigenvalue weighted by Gasteiger charge is 2.32. The highest BCUT2D eigenvalue weighted by molar-refractivity contribution is 7.15. The molecule has 0 bridgehead atoms. The fourth-order valence-electron chi connectivity index (χ4n) is 4.36. The summed E-state index contributed by atoms with van der Waals surface area (Å²) in [5.74, 6) is 13.4. The Labute approximate surface area is 241 Å². The van der Waals surface area contributed by atoms with Crippen LogP contribution < -0.4 is 11.1 Å². The number of nitrogens with two attached hydrogens (primary N) is 1. The van der Waals surface area contributed by atoms with Gasteiger partial charge >= 0.3 is 0 Å². The summed E-state index contributed by atoms with van der Waals surface area (Å²) in [6.07, 6.45) is 2.26. The van der Waals surface area contributed by atoms with Gasteiger partial charge in [-0.15, -0.1) is 21.5 Å². The summed E-state index contributed by atoms with van der Waals surface area (Å²) in [7, 11) is 0. The summed E-state index contributed by atoms with van der Waals surface area (Å²) >= 11 is 7.85. The Bertz CT molecular complexity index is 1720. The van der Waals surface area contributed by atoms with E-state index in [0.29, 0.717) is 29.6 Å². The van der Waals surface area contributed by atoms with E-state index in [4.69, 9.17) is 26.7 Å². The average molecular weight is 571 g/mol. The maximum Gasteiger partial charge on any atom is 0.223 e. The van der Waals surface area contributed by atoms with Gasteiger partial charge in [-0.25, -0.2) is 0 Å². The summed E-state index contributed by atoms with van der Waals surface area (Å²) in [5, 5.41) is 13.3. The van der Waals surface area contributed by atoms with Crippen molar-refractivity contribution in [1.29, 1.82) is 0 Å².